The Balaban J connectivity index is 3.12. The van der Waals surface area contributed by atoms with Crippen molar-refractivity contribution in [2.75, 3.05) is 13.6 Å². The highest BCUT2D eigenvalue weighted by Gasteiger charge is 2.15. The second-order valence-electron chi connectivity index (χ2n) is 3.51. The second-order valence-corrected chi connectivity index (χ2v) is 4.43. The highest BCUT2D eigenvalue weighted by Crippen LogP contribution is 2.14. The maximum atomic E-state index is 11.7. The van der Waals surface area contributed by atoms with Gasteiger partial charge in [-0.15, -0.1) is 0 Å². The molecule has 1 N–H and O–H groups in total. The fraction of sp³-hybridized carbons (Fsp3) is 0.300. The average Bonchev–Trinajstić information content (AvgIpc) is 2.22. The van der Waals surface area contributed by atoms with Crippen LogP contribution in [0.1, 0.15) is 0 Å². The Kier molecular flexibility index (Phi) is 4.59. The van der Waals surface area contributed by atoms with E-state index in [2.05, 4.69) is 27.8 Å². The maximum Gasteiger partial charge on any atom is 0.335 e. The SMILES string of the molecule is C=C(CNC)Cn1cc(Br)cc([N+](=O)[O-])c1=O. The zero-order chi connectivity index (χ0) is 13.0. The molecule has 0 atom stereocenters. The minimum Gasteiger partial charge on any atom is -0.316 e. The summed E-state index contributed by atoms with van der Waals surface area (Å²) in [7, 11) is 1.76. The first-order valence-corrected chi connectivity index (χ1v) is 5.60. The van der Waals surface area contributed by atoms with Crippen molar-refractivity contribution in [3.63, 3.8) is 0 Å². The topological polar surface area (TPSA) is 77.2 Å². The van der Waals surface area contributed by atoms with Gasteiger partial charge in [0.1, 0.15) is 0 Å². The summed E-state index contributed by atoms with van der Waals surface area (Å²) >= 11 is 3.13. The Bertz CT molecular complexity index is 510. The van der Waals surface area contributed by atoms with Crippen molar-refractivity contribution in [3.8, 4) is 0 Å². The van der Waals surface area contributed by atoms with Gasteiger partial charge in [-0.25, -0.2) is 0 Å². The summed E-state index contributed by atoms with van der Waals surface area (Å²) in [6.07, 6.45) is 1.51. The quantitative estimate of drug-likeness (QED) is 0.505. The minimum atomic E-state index is -0.690. The minimum absolute atomic E-state index is 0.250. The molecule has 0 amide bonds. The van der Waals surface area contributed by atoms with Crippen LogP contribution in [-0.2, 0) is 6.54 Å². The molecular weight excluding hydrogens is 290 g/mol. The van der Waals surface area contributed by atoms with E-state index in [-0.39, 0.29) is 6.54 Å². The normalized spacial score (nSPS) is 10.2. The van der Waals surface area contributed by atoms with Gasteiger partial charge in [-0.2, -0.15) is 0 Å². The number of hydrogen-bond acceptors (Lipinski definition) is 4. The molecule has 6 nitrogen and oxygen atoms in total. The van der Waals surface area contributed by atoms with Crippen LogP contribution in [0.25, 0.3) is 0 Å². The van der Waals surface area contributed by atoms with Crippen LogP contribution in [-0.4, -0.2) is 23.1 Å². The number of aromatic nitrogens is 1. The molecule has 1 heterocycles. The van der Waals surface area contributed by atoms with E-state index >= 15 is 0 Å². The molecule has 0 radical (unpaired) electrons. The van der Waals surface area contributed by atoms with Crippen molar-refractivity contribution in [2.45, 2.75) is 6.54 Å². The number of nitrogens with zero attached hydrogens (tertiary/aromatic N) is 2. The number of hydrogen-bond donors (Lipinski definition) is 1. The van der Waals surface area contributed by atoms with Crippen LogP contribution in [0.3, 0.4) is 0 Å². The van der Waals surface area contributed by atoms with Gasteiger partial charge >= 0.3 is 11.2 Å². The molecule has 1 aromatic rings. The van der Waals surface area contributed by atoms with Gasteiger partial charge in [0.25, 0.3) is 0 Å². The van der Waals surface area contributed by atoms with E-state index < -0.39 is 16.2 Å². The van der Waals surface area contributed by atoms with E-state index in [0.717, 1.165) is 5.57 Å². The Hall–Kier alpha value is -1.47. The molecule has 0 aliphatic rings. The van der Waals surface area contributed by atoms with Gasteiger partial charge in [0.2, 0.25) is 0 Å². The first-order chi connectivity index (χ1) is 7.95. The number of likely N-dealkylation sites (N-methyl/N-ethyl adjacent to an activating group) is 1. The fourth-order valence-electron chi connectivity index (χ4n) is 1.38. The van der Waals surface area contributed by atoms with E-state index in [0.29, 0.717) is 11.0 Å². The summed E-state index contributed by atoms with van der Waals surface area (Å²) < 4.78 is 1.75. The summed E-state index contributed by atoms with van der Waals surface area (Å²) in [5.41, 5.74) is -0.311. The van der Waals surface area contributed by atoms with E-state index in [1.54, 1.807) is 7.05 Å². The van der Waals surface area contributed by atoms with E-state index in [1.165, 1.54) is 16.8 Å². The van der Waals surface area contributed by atoms with Gasteiger partial charge in [0, 0.05) is 29.8 Å². The molecule has 0 fully saturated rings. The summed E-state index contributed by atoms with van der Waals surface area (Å²) in [6.45, 7) is 4.58. The monoisotopic (exact) mass is 301 g/mol. The van der Waals surface area contributed by atoms with Gasteiger partial charge in [0.05, 0.1) is 4.92 Å². The predicted octanol–water partition coefficient (Wildman–Crippen LogP) is 1.29. The summed E-state index contributed by atoms with van der Waals surface area (Å²) in [4.78, 5) is 21.7. The van der Waals surface area contributed by atoms with Gasteiger partial charge in [-0.3, -0.25) is 14.9 Å². The lowest BCUT2D eigenvalue weighted by Gasteiger charge is -2.08. The van der Waals surface area contributed by atoms with E-state index in [1.807, 2.05) is 0 Å². The highest BCUT2D eigenvalue weighted by molar-refractivity contribution is 9.10. The first kappa shape index (κ1) is 13.6. The van der Waals surface area contributed by atoms with Crippen LogP contribution in [0.15, 0.2) is 33.7 Å². The largest absolute Gasteiger partial charge is 0.335 e. The lowest BCUT2D eigenvalue weighted by atomic mass is 10.3. The molecular formula is C10H12BrN3O3. The number of nitro groups is 1. The lowest BCUT2D eigenvalue weighted by Crippen LogP contribution is -2.25. The third-order valence-electron chi connectivity index (χ3n) is 2.05. The molecule has 1 rings (SSSR count). The fourth-order valence-corrected chi connectivity index (χ4v) is 1.84. The third kappa shape index (κ3) is 3.50. The smallest absolute Gasteiger partial charge is 0.316 e. The van der Waals surface area contributed by atoms with Crippen LogP contribution < -0.4 is 10.9 Å². The van der Waals surface area contributed by atoms with Crippen molar-refractivity contribution < 1.29 is 4.92 Å². The van der Waals surface area contributed by atoms with Crippen LogP contribution in [0, 0.1) is 10.1 Å². The molecule has 0 saturated heterocycles. The Morgan fingerprint density at radius 2 is 2.35 bits per heavy atom. The molecule has 0 aromatic carbocycles. The summed E-state index contributed by atoms with van der Waals surface area (Å²) in [6, 6.07) is 1.19. The molecule has 92 valence electrons. The van der Waals surface area contributed by atoms with Crippen molar-refractivity contribution >= 4 is 21.6 Å². The van der Waals surface area contributed by atoms with Gasteiger partial charge in [0.15, 0.2) is 0 Å². The number of nitrogens with one attached hydrogen (secondary N) is 1. The van der Waals surface area contributed by atoms with Gasteiger partial charge < -0.3 is 9.88 Å². The Labute approximate surface area is 106 Å². The molecule has 17 heavy (non-hydrogen) atoms. The van der Waals surface area contributed by atoms with Crippen LogP contribution in [0.5, 0.6) is 0 Å². The highest BCUT2D eigenvalue weighted by atomic mass is 79.9. The molecule has 0 aliphatic heterocycles. The molecule has 1 aromatic heterocycles. The standard InChI is InChI=1S/C10H12BrN3O3/c1-7(4-12-2)5-13-6-8(11)3-9(10(13)15)14(16)17/h3,6,12H,1,4-5H2,2H3. The molecule has 0 unspecified atom stereocenters. The molecule has 0 aliphatic carbocycles. The number of halogens is 1. The van der Waals surface area contributed by atoms with Crippen LogP contribution in [0.4, 0.5) is 5.69 Å². The predicted molar refractivity (Wildman–Crippen MR) is 68.1 cm³/mol. The summed E-state index contributed by atoms with van der Waals surface area (Å²) in [5.74, 6) is 0. The lowest BCUT2D eigenvalue weighted by molar-refractivity contribution is -0.386. The zero-order valence-electron chi connectivity index (χ0n) is 9.27. The third-order valence-corrected chi connectivity index (χ3v) is 2.48. The van der Waals surface area contributed by atoms with Crippen molar-refractivity contribution in [1.29, 1.82) is 0 Å². The molecule has 0 saturated carbocycles. The van der Waals surface area contributed by atoms with E-state index in [4.69, 9.17) is 0 Å². The maximum absolute atomic E-state index is 11.7. The van der Waals surface area contributed by atoms with Gasteiger partial charge in [-0.1, -0.05) is 6.58 Å². The van der Waals surface area contributed by atoms with E-state index in [9.17, 15) is 14.9 Å². The summed E-state index contributed by atoms with van der Waals surface area (Å²) in [5, 5.41) is 13.6. The van der Waals surface area contributed by atoms with Crippen molar-refractivity contribution in [3.05, 3.63) is 49.4 Å². The van der Waals surface area contributed by atoms with Crippen molar-refractivity contribution in [1.82, 2.24) is 9.88 Å². The van der Waals surface area contributed by atoms with Crippen molar-refractivity contribution in [2.24, 2.45) is 0 Å². The number of pyridine rings is 1. The zero-order valence-corrected chi connectivity index (χ0v) is 10.9. The molecule has 0 spiro atoms. The average molecular weight is 302 g/mol. The van der Waals surface area contributed by atoms with Crippen LogP contribution in [0.2, 0.25) is 0 Å². The Morgan fingerprint density at radius 1 is 1.71 bits per heavy atom. The Morgan fingerprint density at radius 3 is 2.88 bits per heavy atom. The first-order valence-electron chi connectivity index (χ1n) is 4.81. The number of rotatable bonds is 5. The van der Waals surface area contributed by atoms with Gasteiger partial charge in [-0.05, 0) is 28.6 Å². The second kappa shape index (κ2) is 5.74. The molecule has 7 heteroatoms. The molecule has 0 bridgehead atoms. The van der Waals surface area contributed by atoms with Crippen LogP contribution >= 0.6 is 15.9 Å².